The summed E-state index contributed by atoms with van der Waals surface area (Å²) in [4.78, 5) is 0. The van der Waals surface area contributed by atoms with E-state index in [1.807, 2.05) is 0 Å². The number of halogens is 10. The number of rotatable bonds is 8. The van der Waals surface area contributed by atoms with Crippen LogP contribution < -0.4 is 0 Å². The van der Waals surface area contributed by atoms with Gasteiger partial charge < -0.3 is 13.0 Å². The predicted molar refractivity (Wildman–Crippen MR) is 70.0 cm³/mol. The average Bonchev–Trinajstić information content (AvgIpc) is 2.31. The summed E-state index contributed by atoms with van der Waals surface area (Å²) in [5, 5.41) is 0. The van der Waals surface area contributed by atoms with Gasteiger partial charge in [0.1, 0.15) is 13.2 Å². The van der Waals surface area contributed by atoms with E-state index in [2.05, 4.69) is 8.85 Å². The Balaban J connectivity index is 4.82. The largest absolute Gasteiger partial charge is 0.455 e. The van der Waals surface area contributed by atoms with Crippen molar-refractivity contribution in [3.05, 3.63) is 0 Å². The van der Waals surface area contributed by atoms with Gasteiger partial charge in [0.2, 0.25) is 0 Å². The first-order valence-corrected chi connectivity index (χ1v) is 12.1. The Morgan fingerprint density at radius 3 is 1.00 bits per heavy atom. The van der Waals surface area contributed by atoms with Crippen LogP contribution in [0.25, 0.3) is 0 Å². The SMILES string of the molecule is C[Si](C)(OCC(F)(F)C(F)(F)F)O[Si](C)(C)OCC(F)(F)C(F)(F)F. The van der Waals surface area contributed by atoms with Crippen LogP contribution in [0.4, 0.5) is 43.9 Å². The zero-order valence-electron chi connectivity index (χ0n) is 13.4. The third-order valence-electron chi connectivity index (χ3n) is 2.52. The molecule has 0 radical (unpaired) electrons. The van der Waals surface area contributed by atoms with Gasteiger partial charge in [0, 0.05) is 0 Å². The Morgan fingerprint density at radius 1 is 0.560 bits per heavy atom. The molecule has 0 N–H and O–H groups in total. The Bertz CT molecular complexity index is 407. The monoisotopic (exact) mass is 430 g/mol. The number of hydrogen-bond acceptors (Lipinski definition) is 3. The second kappa shape index (κ2) is 7.32. The van der Waals surface area contributed by atoms with Crippen LogP contribution in [0.1, 0.15) is 0 Å². The summed E-state index contributed by atoms with van der Waals surface area (Å²) in [5.41, 5.74) is 0. The number of alkyl halides is 10. The summed E-state index contributed by atoms with van der Waals surface area (Å²) >= 11 is 0. The maximum atomic E-state index is 12.8. The van der Waals surface area contributed by atoms with E-state index in [0.717, 1.165) is 26.2 Å². The van der Waals surface area contributed by atoms with Crippen LogP contribution in [0, 0.1) is 0 Å². The molecule has 0 heterocycles. The van der Waals surface area contributed by atoms with E-state index >= 15 is 0 Å². The van der Waals surface area contributed by atoms with E-state index in [-0.39, 0.29) is 0 Å². The van der Waals surface area contributed by atoms with Crippen LogP contribution in [0.2, 0.25) is 26.2 Å². The minimum absolute atomic E-state index is 1.03. The van der Waals surface area contributed by atoms with Gasteiger partial charge >= 0.3 is 41.3 Å². The van der Waals surface area contributed by atoms with Crippen molar-refractivity contribution in [2.75, 3.05) is 13.2 Å². The lowest BCUT2D eigenvalue weighted by Crippen LogP contribution is -2.53. The van der Waals surface area contributed by atoms with Crippen LogP contribution in [-0.4, -0.2) is 54.5 Å². The minimum atomic E-state index is -5.87. The summed E-state index contributed by atoms with van der Waals surface area (Å²) in [7, 11) is -7.48. The van der Waals surface area contributed by atoms with Crippen LogP contribution >= 0.6 is 0 Å². The van der Waals surface area contributed by atoms with Crippen LogP contribution in [0.15, 0.2) is 0 Å². The molecule has 0 spiro atoms. The molecule has 0 rings (SSSR count). The van der Waals surface area contributed by atoms with Crippen LogP contribution in [0.5, 0.6) is 0 Å². The first kappa shape index (κ1) is 24.6. The fraction of sp³-hybridized carbons (Fsp3) is 1.00. The van der Waals surface area contributed by atoms with E-state index in [4.69, 9.17) is 4.12 Å². The molecule has 0 aromatic carbocycles. The van der Waals surface area contributed by atoms with Crippen molar-refractivity contribution >= 4 is 17.1 Å². The molecule has 0 aromatic rings. The highest BCUT2D eigenvalue weighted by Gasteiger charge is 2.59. The smallest absolute Gasteiger partial charge is 0.415 e. The quantitative estimate of drug-likeness (QED) is 0.408. The summed E-state index contributed by atoms with van der Waals surface area (Å²) in [6.45, 7) is -0.0321. The minimum Gasteiger partial charge on any atom is -0.415 e. The zero-order valence-corrected chi connectivity index (χ0v) is 15.4. The van der Waals surface area contributed by atoms with Crippen molar-refractivity contribution in [1.29, 1.82) is 0 Å². The van der Waals surface area contributed by atoms with E-state index in [0.29, 0.717) is 0 Å². The molecule has 152 valence electrons. The maximum Gasteiger partial charge on any atom is 0.455 e. The Morgan fingerprint density at radius 2 is 0.800 bits per heavy atom. The van der Waals surface area contributed by atoms with Crippen molar-refractivity contribution in [2.24, 2.45) is 0 Å². The van der Waals surface area contributed by atoms with E-state index in [9.17, 15) is 43.9 Å². The molecular weight excluding hydrogens is 414 g/mol. The highest BCUT2D eigenvalue weighted by molar-refractivity contribution is 6.78. The summed E-state index contributed by atoms with van der Waals surface area (Å²) in [6.07, 6.45) is -11.7. The first-order valence-electron chi connectivity index (χ1n) is 6.49. The molecule has 0 aliphatic heterocycles. The molecule has 0 aromatic heterocycles. The second-order valence-corrected chi connectivity index (χ2v) is 12.9. The van der Waals surface area contributed by atoms with Crippen molar-refractivity contribution in [3.63, 3.8) is 0 Å². The highest BCUT2D eigenvalue weighted by atomic mass is 28.5. The molecule has 0 bridgehead atoms. The van der Waals surface area contributed by atoms with Gasteiger partial charge in [-0.3, -0.25) is 0 Å². The van der Waals surface area contributed by atoms with Gasteiger partial charge in [-0.15, -0.1) is 0 Å². The predicted octanol–water partition coefficient (Wildman–Crippen LogP) is 4.84. The molecular formula is C10H16F10O3Si2. The zero-order chi connectivity index (χ0) is 20.5. The molecule has 15 heteroatoms. The highest BCUT2D eigenvalue weighted by Crippen LogP contribution is 2.37. The van der Waals surface area contributed by atoms with Gasteiger partial charge in [-0.25, -0.2) is 0 Å². The molecule has 0 saturated carbocycles. The molecule has 0 unspecified atom stereocenters. The topological polar surface area (TPSA) is 27.7 Å². The van der Waals surface area contributed by atoms with E-state index < -0.39 is 54.5 Å². The van der Waals surface area contributed by atoms with Gasteiger partial charge in [-0.2, -0.15) is 43.9 Å². The maximum absolute atomic E-state index is 12.8. The summed E-state index contributed by atoms with van der Waals surface area (Å²) in [6, 6.07) is 0. The van der Waals surface area contributed by atoms with Crippen molar-refractivity contribution in [2.45, 2.75) is 50.4 Å². The third kappa shape index (κ3) is 7.80. The lowest BCUT2D eigenvalue weighted by Gasteiger charge is -2.34. The van der Waals surface area contributed by atoms with Gasteiger partial charge in [-0.05, 0) is 26.2 Å². The van der Waals surface area contributed by atoms with Crippen molar-refractivity contribution in [3.8, 4) is 0 Å². The third-order valence-corrected chi connectivity index (χ3v) is 8.13. The lowest BCUT2D eigenvalue weighted by atomic mass is 10.3. The molecule has 0 amide bonds. The Hall–Kier alpha value is -0.386. The van der Waals surface area contributed by atoms with Gasteiger partial charge in [-0.1, -0.05) is 0 Å². The van der Waals surface area contributed by atoms with Crippen LogP contribution in [0.3, 0.4) is 0 Å². The molecule has 0 saturated heterocycles. The van der Waals surface area contributed by atoms with Crippen molar-refractivity contribution in [1.82, 2.24) is 0 Å². The van der Waals surface area contributed by atoms with Gasteiger partial charge in [0.05, 0.1) is 0 Å². The lowest BCUT2D eigenvalue weighted by molar-refractivity contribution is -0.292. The standard InChI is InChI=1S/C10H16F10O3Si2/c1-24(2,21-5-7(11,12)9(15,16)17)23-25(3,4)22-6-8(13,14)10(18,19)20/h5-6H2,1-4H3. The average molecular weight is 430 g/mol. The molecule has 0 aliphatic carbocycles. The second-order valence-electron chi connectivity index (χ2n) is 5.88. The van der Waals surface area contributed by atoms with Gasteiger partial charge in [0.25, 0.3) is 0 Å². The molecule has 0 atom stereocenters. The summed E-state index contributed by atoms with van der Waals surface area (Å²) in [5.74, 6) is -10.3. The first-order chi connectivity index (χ1) is 10.6. The van der Waals surface area contributed by atoms with E-state index in [1.165, 1.54) is 0 Å². The Labute approximate surface area is 138 Å². The number of hydrogen-bond donors (Lipinski definition) is 0. The van der Waals surface area contributed by atoms with Crippen molar-refractivity contribution < 1.29 is 56.9 Å². The van der Waals surface area contributed by atoms with E-state index in [1.54, 1.807) is 0 Å². The molecule has 25 heavy (non-hydrogen) atoms. The van der Waals surface area contributed by atoms with Crippen LogP contribution in [-0.2, 0) is 13.0 Å². The molecule has 0 fully saturated rings. The fourth-order valence-corrected chi connectivity index (χ4v) is 7.61. The van der Waals surface area contributed by atoms with Gasteiger partial charge in [0.15, 0.2) is 0 Å². The summed E-state index contributed by atoms with van der Waals surface area (Å²) < 4.78 is 137. The molecule has 3 nitrogen and oxygen atoms in total. The molecule has 0 aliphatic rings. The normalized spacial score (nSPS) is 15.6. The Kier molecular flexibility index (Phi) is 7.21. The fourth-order valence-electron chi connectivity index (χ4n) is 1.34.